The molecule has 86 valence electrons. The monoisotopic (exact) mass is 217 g/mol. The predicted molar refractivity (Wildman–Crippen MR) is 64.6 cm³/mol. The Kier molecular flexibility index (Phi) is 2.34. The maximum atomic E-state index is 4.32. The van der Waals surface area contributed by atoms with Gasteiger partial charge in [0.1, 0.15) is 0 Å². The van der Waals surface area contributed by atoms with Crippen LogP contribution in [0.2, 0.25) is 0 Å². The Balaban J connectivity index is 1.86. The van der Waals surface area contributed by atoms with Crippen LogP contribution in [0, 0.1) is 25.7 Å². The number of aryl methyl sites for hydroxylation is 1. The van der Waals surface area contributed by atoms with Crippen molar-refractivity contribution in [1.82, 2.24) is 10.2 Å². The number of anilines is 1. The van der Waals surface area contributed by atoms with Gasteiger partial charge in [-0.25, -0.2) is 0 Å². The van der Waals surface area contributed by atoms with Gasteiger partial charge in [0.2, 0.25) is 0 Å². The highest BCUT2D eigenvalue weighted by molar-refractivity contribution is 5.49. The van der Waals surface area contributed by atoms with Crippen LogP contribution in [0.4, 0.5) is 5.82 Å². The largest absolute Gasteiger partial charge is 0.354 e. The molecule has 0 bridgehead atoms. The summed E-state index contributed by atoms with van der Waals surface area (Å²) in [4.78, 5) is 2.45. The van der Waals surface area contributed by atoms with Crippen molar-refractivity contribution in [1.29, 1.82) is 0 Å². The van der Waals surface area contributed by atoms with Gasteiger partial charge in [-0.05, 0) is 49.7 Å². The fourth-order valence-corrected chi connectivity index (χ4v) is 3.23. The molecule has 0 aromatic carbocycles. The molecule has 3 rings (SSSR count). The van der Waals surface area contributed by atoms with E-state index in [1.165, 1.54) is 43.5 Å². The predicted octanol–water partition coefficient (Wildman–Crippen LogP) is 2.33. The fraction of sp³-hybridized carbons (Fsp3) is 0.692. The molecule has 1 aliphatic carbocycles. The third-order valence-electron chi connectivity index (χ3n) is 4.36. The van der Waals surface area contributed by atoms with Gasteiger partial charge in [0.05, 0.1) is 6.20 Å². The van der Waals surface area contributed by atoms with E-state index in [9.17, 15) is 0 Å². The van der Waals surface area contributed by atoms with E-state index in [0.29, 0.717) is 0 Å². The summed E-state index contributed by atoms with van der Waals surface area (Å²) >= 11 is 0. The quantitative estimate of drug-likeness (QED) is 0.723. The Bertz CT molecular complexity index is 390. The highest BCUT2D eigenvalue weighted by atomic mass is 15.3. The number of hydrogen-bond donors (Lipinski definition) is 0. The summed E-state index contributed by atoms with van der Waals surface area (Å²) < 4.78 is 0. The average molecular weight is 217 g/mol. The van der Waals surface area contributed by atoms with E-state index >= 15 is 0 Å². The van der Waals surface area contributed by atoms with Crippen LogP contribution in [-0.4, -0.2) is 23.3 Å². The molecule has 2 fully saturated rings. The lowest BCUT2D eigenvalue weighted by molar-refractivity contribution is 0.494. The molecule has 0 N–H and O–H groups in total. The first-order chi connectivity index (χ1) is 7.75. The van der Waals surface area contributed by atoms with Crippen LogP contribution in [0.5, 0.6) is 0 Å². The maximum absolute atomic E-state index is 4.32. The van der Waals surface area contributed by atoms with Gasteiger partial charge in [-0.1, -0.05) is 6.42 Å². The normalized spacial score (nSPS) is 28.5. The van der Waals surface area contributed by atoms with E-state index in [2.05, 4.69) is 28.9 Å². The Morgan fingerprint density at radius 2 is 1.88 bits per heavy atom. The summed E-state index contributed by atoms with van der Waals surface area (Å²) in [6.07, 6.45) is 6.12. The SMILES string of the molecule is Cc1cnnc(N2C[C@H]3CCC[C@H]3C2)c1C. The third-order valence-corrected chi connectivity index (χ3v) is 4.36. The van der Waals surface area contributed by atoms with Gasteiger partial charge in [0, 0.05) is 13.1 Å². The van der Waals surface area contributed by atoms with E-state index in [4.69, 9.17) is 0 Å². The number of aromatic nitrogens is 2. The molecular weight excluding hydrogens is 198 g/mol. The molecule has 1 aliphatic heterocycles. The van der Waals surface area contributed by atoms with Crippen LogP contribution in [-0.2, 0) is 0 Å². The van der Waals surface area contributed by atoms with Crippen LogP contribution < -0.4 is 4.90 Å². The van der Waals surface area contributed by atoms with Crippen LogP contribution in [0.1, 0.15) is 30.4 Å². The summed E-state index contributed by atoms with van der Waals surface area (Å²) in [6, 6.07) is 0. The number of hydrogen-bond acceptors (Lipinski definition) is 3. The van der Waals surface area contributed by atoms with E-state index < -0.39 is 0 Å². The molecule has 0 amide bonds. The van der Waals surface area contributed by atoms with Crippen molar-refractivity contribution in [2.24, 2.45) is 11.8 Å². The molecule has 1 aromatic heterocycles. The van der Waals surface area contributed by atoms with Gasteiger partial charge < -0.3 is 4.90 Å². The zero-order valence-electron chi connectivity index (χ0n) is 10.1. The highest BCUT2D eigenvalue weighted by Gasteiger charge is 2.37. The van der Waals surface area contributed by atoms with E-state index in [1.54, 1.807) is 0 Å². The molecule has 1 aromatic rings. The van der Waals surface area contributed by atoms with E-state index in [1.807, 2.05) is 6.20 Å². The van der Waals surface area contributed by atoms with Gasteiger partial charge in [-0.2, -0.15) is 5.10 Å². The van der Waals surface area contributed by atoms with Gasteiger partial charge in [-0.3, -0.25) is 0 Å². The Morgan fingerprint density at radius 1 is 1.19 bits per heavy atom. The average Bonchev–Trinajstić information content (AvgIpc) is 2.81. The first kappa shape index (κ1) is 10.1. The van der Waals surface area contributed by atoms with Crippen molar-refractivity contribution in [3.8, 4) is 0 Å². The van der Waals surface area contributed by atoms with Crippen LogP contribution in [0.3, 0.4) is 0 Å². The molecular formula is C13H19N3. The molecule has 3 heteroatoms. The van der Waals surface area contributed by atoms with Gasteiger partial charge in [0.15, 0.2) is 5.82 Å². The standard InChI is InChI=1S/C13H19N3/c1-9-6-14-15-13(10(9)2)16-7-11-4-3-5-12(11)8-16/h6,11-12H,3-5,7-8H2,1-2H3/t11-,12+. The molecule has 0 unspecified atom stereocenters. The van der Waals surface area contributed by atoms with Crippen LogP contribution in [0.15, 0.2) is 6.20 Å². The summed E-state index contributed by atoms with van der Waals surface area (Å²) in [6.45, 7) is 6.67. The van der Waals surface area contributed by atoms with Crippen molar-refractivity contribution in [2.45, 2.75) is 33.1 Å². The van der Waals surface area contributed by atoms with Gasteiger partial charge in [0.25, 0.3) is 0 Å². The van der Waals surface area contributed by atoms with E-state index in [0.717, 1.165) is 17.7 Å². The Morgan fingerprint density at radius 3 is 2.56 bits per heavy atom. The van der Waals surface area contributed by atoms with Crippen molar-refractivity contribution in [3.63, 3.8) is 0 Å². The highest BCUT2D eigenvalue weighted by Crippen LogP contribution is 2.39. The minimum absolute atomic E-state index is 0.918. The first-order valence-corrected chi connectivity index (χ1v) is 6.29. The van der Waals surface area contributed by atoms with Crippen LogP contribution in [0.25, 0.3) is 0 Å². The summed E-state index contributed by atoms with van der Waals surface area (Å²) in [5.41, 5.74) is 2.55. The Labute approximate surface area is 96.9 Å². The lowest BCUT2D eigenvalue weighted by Gasteiger charge is -2.20. The second-order valence-electron chi connectivity index (χ2n) is 5.33. The summed E-state index contributed by atoms with van der Waals surface area (Å²) in [7, 11) is 0. The Hall–Kier alpha value is -1.12. The molecule has 2 aliphatic rings. The molecule has 0 spiro atoms. The smallest absolute Gasteiger partial charge is 0.154 e. The lowest BCUT2D eigenvalue weighted by atomic mass is 10.0. The first-order valence-electron chi connectivity index (χ1n) is 6.29. The molecule has 1 saturated carbocycles. The molecule has 1 saturated heterocycles. The number of rotatable bonds is 1. The molecule has 16 heavy (non-hydrogen) atoms. The second kappa shape index (κ2) is 3.72. The molecule has 0 radical (unpaired) electrons. The minimum Gasteiger partial charge on any atom is -0.354 e. The summed E-state index contributed by atoms with van der Waals surface area (Å²) in [5, 5.41) is 8.42. The fourth-order valence-electron chi connectivity index (χ4n) is 3.23. The zero-order valence-corrected chi connectivity index (χ0v) is 10.1. The summed E-state index contributed by atoms with van der Waals surface area (Å²) in [5.74, 6) is 2.96. The van der Waals surface area contributed by atoms with Crippen molar-refractivity contribution in [3.05, 3.63) is 17.3 Å². The maximum Gasteiger partial charge on any atom is 0.154 e. The topological polar surface area (TPSA) is 29.0 Å². The lowest BCUT2D eigenvalue weighted by Crippen LogP contribution is -2.23. The molecule has 3 nitrogen and oxygen atoms in total. The molecule has 2 atom stereocenters. The van der Waals surface area contributed by atoms with Crippen molar-refractivity contribution < 1.29 is 0 Å². The third kappa shape index (κ3) is 1.49. The second-order valence-corrected chi connectivity index (χ2v) is 5.33. The number of fused-ring (bicyclic) bond motifs is 1. The number of nitrogens with zero attached hydrogens (tertiary/aromatic N) is 3. The van der Waals surface area contributed by atoms with Crippen LogP contribution >= 0.6 is 0 Å². The zero-order chi connectivity index (χ0) is 11.1. The van der Waals surface area contributed by atoms with E-state index in [-0.39, 0.29) is 0 Å². The van der Waals surface area contributed by atoms with Gasteiger partial charge >= 0.3 is 0 Å². The van der Waals surface area contributed by atoms with Gasteiger partial charge in [-0.15, -0.1) is 5.10 Å². The minimum atomic E-state index is 0.918. The van der Waals surface area contributed by atoms with Crippen molar-refractivity contribution in [2.75, 3.05) is 18.0 Å². The van der Waals surface area contributed by atoms with Crippen molar-refractivity contribution >= 4 is 5.82 Å². The molecule has 2 heterocycles.